The third kappa shape index (κ3) is 4.22. The minimum atomic E-state index is -3.55. The molecule has 156 valence electrons. The highest BCUT2D eigenvalue weighted by atomic mass is 35.5. The quantitative estimate of drug-likeness (QED) is 0.742. The Morgan fingerprint density at radius 1 is 1.14 bits per heavy atom. The molecule has 1 N–H and O–H groups in total. The predicted octanol–water partition coefficient (Wildman–Crippen LogP) is 2.46. The van der Waals surface area contributed by atoms with Crippen molar-refractivity contribution >= 4 is 44.6 Å². The molecule has 3 heterocycles. The van der Waals surface area contributed by atoms with E-state index in [1.807, 2.05) is 11.8 Å². The van der Waals surface area contributed by atoms with Gasteiger partial charge in [0.2, 0.25) is 12.7 Å². The van der Waals surface area contributed by atoms with E-state index in [1.165, 1.54) is 10.4 Å². The van der Waals surface area contributed by atoms with Crippen LogP contribution in [-0.4, -0.2) is 62.5 Å². The van der Waals surface area contributed by atoms with Gasteiger partial charge in [-0.3, -0.25) is 9.69 Å². The van der Waals surface area contributed by atoms with Crippen LogP contribution in [0.2, 0.25) is 4.34 Å². The van der Waals surface area contributed by atoms with Crippen molar-refractivity contribution in [3.8, 4) is 11.5 Å². The Hall–Kier alpha value is -1.85. The van der Waals surface area contributed by atoms with Crippen LogP contribution in [0.25, 0.3) is 0 Å². The van der Waals surface area contributed by atoms with Crippen molar-refractivity contribution in [3.05, 3.63) is 34.7 Å². The number of ether oxygens (including phenoxy) is 2. The Bertz CT molecular complexity index is 1020. The SMILES string of the molecule is CC(C(=O)Nc1ccc2c(c1)OCO2)N1CCN(S(=O)(=O)c2ccc(Cl)s2)CC1. The Morgan fingerprint density at radius 3 is 2.55 bits per heavy atom. The van der Waals surface area contributed by atoms with Gasteiger partial charge in [-0.1, -0.05) is 11.6 Å². The number of fused-ring (bicyclic) bond motifs is 1. The molecular formula is C18H20ClN3O5S2. The summed E-state index contributed by atoms with van der Waals surface area (Å²) in [6.45, 7) is 3.56. The lowest BCUT2D eigenvalue weighted by Crippen LogP contribution is -2.53. The number of thiophene rings is 1. The van der Waals surface area contributed by atoms with Crippen LogP contribution in [-0.2, 0) is 14.8 Å². The average molecular weight is 458 g/mol. The van der Waals surface area contributed by atoms with E-state index in [0.717, 1.165) is 11.3 Å². The highest BCUT2D eigenvalue weighted by Crippen LogP contribution is 2.34. The Kier molecular flexibility index (Phi) is 5.71. The van der Waals surface area contributed by atoms with Gasteiger partial charge in [-0.25, -0.2) is 8.42 Å². The number of nitrogens with one attached hydrogen (secondary N) is 1. The number of halogens is 1. The molecule has 0 spiro atoms. The number of amides is 1. The first-order valence-corrected chi connectivity index (χ1v) is 11.7. The van der Waals surface area contributed by atoms with Gasteiger partial charge >= 0.3 is 0 Å². The zero-order valence-electron chi connectivity index (χ0n) is 15.6. The lowest BCUT2D eigenvalue weighted by molar-refractivity contribution is -0.121. The number of hydrogen-bond acceptors (Lipinski definition) is 7. The minimum Gasteiger partial charge on any atom is -0.454 e. The van der Waals surface area contributed by atoms with Gasteiger partial charge in [-0.15, -0.1) is 11.3 Å². The monoisotopic (exact) mass is 457 g/mol. The van der Waals surface area contributed by atoms with Gasteiger partial charge < -0.3 is 14.8 Å². The summed E-state index contributed by atoms with van der Waals surface area (Å²) in [5, 5.41) is 2.88. The lowest BCUT2D eigenvalue weighted by atomic mass is 10.2. The maximum absolute atomic E-state index is 12.7. The highest BCUT2D eigenvalue weighted by Gasteiger charge is 2.32. The fourth-order valence-electron chi connectivity index (χ4n) is 3.28. The van der Waals surface area contributed by atoms with E-state index in [9.17, 15) is 13.2 Å². The van der Waals surface area contributed by atoms with Crippen molar-refractivity contribution in [1.82, 2.24) is 9.21 Å². The van der Waals surface area contributed by atoms with Gasteiger partial charge in [-0.05, 0) is 31.2 Å². The van der Waals surface area contributed by atoms with Gasteiger partial charge in [0.05, 0.1) is 10.4 Å². The van der Waals surface area contributed by atoms with Crippen LogP contribution < -0.4 is 14.8 Å². The van der Waals surface area contributed by atoms with Crippen LogP contribution in [0.3, 0.4) is 0 Å². The predicted molar refractivity (Wildman–Crippen MR) is 110 cm³/mol. The van der Waals surface area contributed by atoms with Crippen molar-refractivity contribution in [2.45, 2.75) is 17.2 Å². The molecule has 29 heavy (non-hydrogen) atoms. The standard InChI is InChI=1S/C18H20ClN3O5S2/c1-12(18(23)20-13-2-3-14-15(10-13)27-11-26-14)21-6-8-22(9-7-21)29(24,25)17-5-4-16(19)28-17/h2-5,10,12H,6-9,11H2,1H3,(H,20,23). The third-order valence-electron chi connectivity index (χ3n) is 4.98. The van der Waals surface area contributed by atoms with Crippen LogP contribution in [0.4, 0.5) is 5.69 Å². The first-order valence-electron chi connectivity index (χ1n) is 9.04. The molecule has 0 saturated carbocycles. The van der Waals surface area contributed by atoms with Crippen LogP contribution >= 0.6 is 22.9 Å². The van der Waals surface area contributed by atoms with Crippen LogP contribution in [0.1, 0.15) is 6.92 Å². The van der Waals surface area contributed by atoms with Gasteiger partial charge in [0.1, 0.15) is 4.21 Å². The Morgan fingerprint density at radius 2 is 1.86 bits per heavy atom. The second-order valence-corrected chi connectivity index (χ2v) is 10.6. The molecule has 2 aromatic rings. The largest absolute Gasteiger partial charge is 0.454 e. The van der Waals surface area contributed by atoms with Crippen LogP contribution in [0, 0.1) is 0 Å². The second-order valence-electron chi connectivity index (χ2n) is 6.73. The third-order valence-corrected chi connectivity index (χ3v) is 8.58. The average Bonchev–Trinajstić information content (AvgIpc) is 3.36. The number of hydrogen-bond donors (Lipinski definition) is 1. The number of carbonyl (C=O) groups excluding carboxylic acids is 1. The summed E-state index contributed by atoms with van der Waals surface area (Å²) in [6.07, 6.45) is 0. The Labute approximate surface area is 178 Å². The summed E-state index contributed by atoms with van der Waals surface area (Å²) in [6, 6.07) is 7.94. The van der Waals surface area contributed by atoms with E-state index < -0.39 is 16.1 Å². The minimum absolute atomic E-state index is 0.162. The van der Waals surface area contributed by atoms with Crippen LogP contribution in [0.15, 0.2) is 34.5 Å². The summed E-state index contributed by atoms with van der Waals surface area (Å²) in [4.78, 5) is 14.6. The van der Waals surface area contributed by atoms with Gasteiger partial charge in [0, 0.05) is 37.9 Å². The molecule has 1 unspecified atom stereocenters. The molecule has 11 heteroatoms. The molecule has 2 aliphatic heterocycles. The Balaban J connectivity index is 1.35. The number of rotatable bonds is 5. The van der Waals surface area contributed by atoms with E-state index in [0.29, 0.717) is 47.7 Å². The molecule has 8 nitrogen and oxygen atoms in total. The van der Waals surface area contributed by atoms with E-state index in [-0.39, 0.29) is 16.9 Å². The van der Waals surface area contributed by atoms with E-state index in [1.54, 1.807) is 24.3 Å². The summed E-state index contributed by atoms with van der Waals surface area (Å²) in [5.41, 5.74) is 0.627. The molecule has 0 aliphatic carbocycles. The number of benzene rings is 1. The number of nitrogens with zero attached hydrogens (tertiary/aromatic N) is 2. The molecule has 1 atom stereocenters. The molecule has 1 aromatic heterocycles. The smallest absolute Gasteiger partial charge is 0.252 e. The summed E-state index contributed by atoms with van der Waals surface area (Å²) in [5.74, 6) is 1.09. The molecule has 1 amide bonds. The number of piperazine rings is 1. The molecule has 2 aliphatic rings. The topological polar surface area (TPSA) is 88.2 Å². The van der Waals surface area contributed by atoms with Crippen LogP contribution in [0.5, 0.6) is 11.5 Å². The number of sulfonamides is 1. The van der Waals surface area contributed by atoms with Crippen molar-refractivity contribution in [2.24, 2.45) is 0 Å². The fourth-order valence-corrected chi connectivity index (χ4v) is 6.34. The second kappa shape index (κ2) is 8.11. The highest BCUT2D eigenvalue weighted by molar-refractivity contribution is 7.91. The summed E-state index contributed by atoms with van der Waals surface area (Å²) >= 11 is 6.92. The van der Waals surface area contributed by atoms with Gasteiger partial charge in [0.25, 0.3) is 10.0 Å². The molecule has 4 rings (SSSR count). The van der Waals surface area contributed by atoms with Crippen molar-refractivity contribution in [1.29, 1.82) is 0 Å². The molecule has 1 saturated heterocycles. The number of carbonyl (C=O) groups is 1. The summed E-state index contributed by atoms with van der Waals surface area (Å²) < 4.78 is 38.1. The maximum atomic E-state index is 12.7. The normalized spacial score (nSPS) is 18.6. The zero-order valence-corrected chi connectivity index (χ0v) is 18.0. The summed E-state index contributed by atoms with van der Waals surface area (Å²) in [7, 11) is -3.55. The first kappa shape index (κ1) is 20.4. The van der Waals surface area contributed by atoms with E-state index >= 15 is 0 Å². The zero-order chi connectivity index (χ0) is 20.6. The van der Waals surface area contributed by atoms with Crippen molar-refractivity contribution in [2.75, 3.05) is 38.3 Å². The van der Waals surface area contributed by atoms with E-state index in [2.05, 4.69) is 5.32 Å². The lowest BCUT2D eigenvalue weighted by Gasteiger charge is -2.36. The fraction of sp³-hybridized carbons (Fsp3) is 0.389. The first-order chi connectivity index (χ1) is 13.8. The molecule has 0 bridgehead atoms. The van der Waals surface area contributed by atoms with Crippen molar-refractivity contribution < 1.29 is 22.7 Å². The van der Waals surface area contributed by atoms with Crippen molar-refractivity contribution in [3.63, 3.8) is 0 Å². The molecule has 1 fully saturated rings. The molecular weight excluding hydrogens is 438 g/mol. The number of anilines is 1. The molecule has 1 aromatic carbocycles. The molecule has 0 radical (unpaired) electrons. The van der Waals surface area contributed by atoms with Gasteiger partial charge in [0.15, 0.2) is 11.5 Å². The van der Waals surface area contributed by atoms with E-state index in [4.69, 9.17) is 21.1 Å². The van der Waals surface area contributed by atoms with Gasteiger partial charge in [-0.2, -0.15) is 4.31 Å². The maximum Gasteiger partial charge on any atom is 0.252 e.